The molecule has 0 spiro atoms. The molecule has 0 aromatic heterocycles. The number of hydrogen-bond acceptors (Lipinski definition) is 3. The Morgan fingerprint density at radius 3 is 2.40 bits per heavy atom. The number of nitrogens with one attached hydrogen (secondary N) is 2. The molecule has 0 bridgehead atoms. The lowest BCUT2D eigenvalue weighted by molar-refractivity contribution is -0.127. The fourth-order valence-electron chi connectivity index (χ4n) is 4.13. The van der Waals surface area contributed by atoms with Crippen LogP contribution in [-0.4, -0.2) is 73.0 Å². The van der Waals surface area contributed by atoms with Gasteiger partial charge in [-0.3, -0.25) is 9.69 Å². The van der Waals surface area contributed by atoms with Gasteiger partial charge in [-0.25, -0.2) is 4.99 Å². The van der Waals surface area contributed by atoms with Gasteiger partial charge in [0.15, 0.2) is 5.96 Å². The van der Waals surface area contributed by atoms with Crippen LogP contribution in [0.3, 0.4) is 0 Å². The molecule has 6 heteroatoms. The first-order valence-electron chi connectivity index (χ1n) is 10.1. The van der Waals surface area contributed by atoms with Crippen LogP contribution in [-0.2, 0) is 4.79 Å². The highest BCUT2D eigenvalue weighted by Gasteiger charge is 2.39. The second kappa shape index (κ2) is 8.39. The molecular formula is C19H35N5O. The van der Waals surface area contributed by atoms with Gasteiger partial charge in [0.25, 0.3) is 0 Å². The highest BCUT2D eigenvalue weighted by atomic mass is 16.2. The predicted octanol–water partition coefficient (Wildman–Crippen LogP) is 1.57. The van der Waals surface area contributed by atoms with Crippen LogP contribution in [0.5, 0.6) is 0 Å². The van der Waals surface area contributed by atoms with Crippen molar-refractivity contribution in [3.63, 3.8) is 0 Å². The van der Waals surface area contributed by atoms with Crippen molar-refractivity contribution in [3.05, 3.63) is 0 Å². The van der Waals surface area contributed by atoms with Gasteiger partial charge in [-0.2, -0.15) is 0 Å². The van der Waals surface area contributed by atoms with Crippen molar-refractivity contribution < 1.29 is 4.79 Å². The number of likely N-dealkylation sites (tertiary alicyclic amines) is 1. The molecule has 0 aromatic rings. The number of guanidine groups is 1. The summed E-state index contributed by atoms with van der Waals surface area (Å²) in [5.74, 6) is 0.876. The van der Waals surface area contributed by atoms with Crippen molar-refractivity contribution in [2.75, 3.05) is 27.2 Å². The van der Waals surface area contributed by atoms with Crippen LogP contribution in [0, 0.1) is 0 Å². The number of carbonyl (C=O) groups is 1. The molecule has 1 amide bonds. The number of likely N-dealkylation sites (N-methyl/N-ethyl adjacent to an activating group) is 1. The average molecular weight is 350 g/mol. The molecule has 0 radical (unpaired) electrons. The SMILES string of the molecule is CC1CC(NC(=NCC(=O)N(C)C)NC2CCCCC2)CN1C1CC1. The zero-order chi connectivity index (χ0) is 17.8. The van der Waals surface area contributed by atoms with E-state index >= 15 is 0 Å². The summed E-state index contributed by atoms with van der Waals surface area (Å²) in [4.78, 5) is 20.8. The minimum Gasteiger partial charge on any atom is -0.354 e. The first-order chi connectivity index (χ1) is 12.0. The molecule has 2 N–H and O–H groups in total. The van der Waals surface area contributed by atoms with E-state index in [2.05, 4.69) is 27.4 Å². The van der Waals surface area contributed by atoms with E-state index < -0.39 is 0 Å². The van der Waals surface area contributed by atoms with E-state index in [1.807, 2.05) is 0 Å². The normalized spacial score (nSPS) is 28.8. The van der Waals surface area contributed by atoms with Gasteiger partial charge in [0.2, 0.25) is 5.91 Å². The molecule has 25 heavy (non-hydrogen) atoms. The lowest BCUT2D eigenvalue weighted by atomic mass is 9.96. The summed E-state index contributed by atoms with van der Waals surface area (Å²) < 4.78 is 0. The predicted molar refractivity (Wildman–Crippen MR) is 102 cm³/mol. The lowest BCUT2D eigenvalue weighted by Crippen LogP contribution is -2.49. The maximum absolute atomic E-state index is 11.9. The molecule has 1 heterocycles. The van der Waals surface area contributed by atoms with E-state index in [4.69, 9.17) is 0 Å². The summed E-state index contributed by atoms with van der Waals surface area (Å²) in [6, 6.07) is 2.38. The Morgan fingerprint density at radius 1 is 1.08 bits per heavy atom. The molecule has 1 saturated heterocycles. The molecule has 142 valence electrons. The van der Waals surface area contributed by atoms with E-state index in [1.165, 1.54) is 44.9 Å². The monoisotopic (exact) mass is 349 g/mol. The first kappa shape index (κ1) is 18.5. The van der Waals surface area contributed by atoms with E-state index in [0.717, 1.165) is 25.0 Å². The van der Waals surface area contributed by atoms with Gasteiger partial charge in [0.1, 0.15) is 6.54 Å². The van der Waals surface area contributed by atoms with Crippen LogP contribution in [0.4, 0.5) is 0 Å². The molecule has 6 nitrogen and oxygen atoms in total. The molecule has 2 unspecified atom stereocenters. The zero-order valence-electron chi connectivity index (χ0n) is 16.1. The lowest BCUT2D eigenvalue weighted by Gasteiger charge is -2.26. The summed E-state index contributed by atoms with van der Waals surface area (Å²) in [6.45, 7) is 3.64. The Kier molecular flexibility index (Phi) is 6.20. The van der Waals surface area contributed by atoms with Gasteiger partial charge in [-0.1, -0.05) is 19.3 Å². The van der Waals surface area contributed by atoms with Gasteiger partial charge in [-0.05, 0) is 39.0 Å². The molecule has 2 atom stereocenters. The van der Waals surface area contributed by atoms with Crippen LogP contribution in [0.1, 0.15) is 58.3 Å². The topological polar surface area (TPSA) is 60.0 Å². The molecule has 2 saturated carbocycles. The highest BCUT2D eigenvalue weighted by molar-refractivity contribution is 5.85. The van der Waals surface area contributed by atoms with E-state index in [9.17, 15) is 4.79 Å². The molecule has 3 fully saturated rings. The third-order valence-electron chi connectivity index (χ3n) is 5.80. The van der Waals surface area contributed by atoms with Crippen LogP contribution in [0.2, 0.25) is 0 Å². The Morgan fingerprint density at radius 2 is 1.76 bits per heavy atom. The molecule has 0 aromatic carbocycles. The fraction of sp³-hybridized carbons (Fsp3) is 0.895. The summed E-state index contributed by atoms with van der Waals surface area (Å²) in [7, 11) is 3.57. The Bertz CT molecular complexity index is 482. The average Bonchev–Trinajstić information content (AvgIpc) is 3.36. The number of carbonyl (C=O) groups excluding carboxylic acids is 1. The van der Waals surface area contributed by atoms with E-state index in [0.29, 0.717) is 18.1 Å². The number of nitrogens with zero attached hydrogens (tertiary/aromatic N) is 3. The number of rotatable bonds is 5. The molecule has 3 rings (SSSR count). The maximum Gasteiger partial charge on any atom is 0.243 e. The summed E-state index contributed by atoms with van der Waals surface area (Å²) in [6.07, 6.45) is 10.2. The number of aliphatic imine (C=N–C) groups is 1. The van der Waals surface area contributed by atoms with Crippen LogP contribution in [0.25, 0.3) is 0 Å². The standard InChI is InChI=1S/C19H35N5O/c1-14-11-16(13-24(14)17-9-10-17)22-19(20-12-18(25)23(2)3)21-15-7-5-4-6-8-15/h14-17H,4-13H2,1-3H3,(H2,20,21,22). The summed E-state index contributed by atoms with van der Waals surface area (Å²) in [5.41, 5.74) is 0. The smallest absolute Gasteiger partial charge is 0.243 e. The van der Waals surface area contributed by atoms with Crippen LogP contribution in [0.15, 0.2) is 4.99 Å². The third kappa shape index (κ3) is 5.33. The minimum atomic E-state index is 0.0455. The minimum absolute atomic E-state index is 0.0455. The molecule has 1 aliphatic heterocycles. The highest BCUT2D eigenvalue weighted by Crippen LogP contribution is 2.33. The fourth-order valence-corrected chi connectivity index (χ4v) is 4.13. The number of hydrogen-bond donors (Lipinski definition) is 2. The van der Waals surface area contributed by atoms with Crippen molar-refractivity contribution in [2.24, 2.45) is 4.99 Å². The zero-order valence-corrected chi connectivity index (χ0v) is 16.1. The first-order valence-corrected chi connectivity index (χ1v) is 10.1. The Labute approximate surface area is 152 Å². The van der Waals surface area contributed by atoms with Crippen molar-refractivity contribution in [1.29, 1.82) is 0 Å². The van der Waals surface area contributed by atoms with Gasteiger partial charge in [0.05, 0.1) is 0 Å². The Hall–Kier alpha value is -1.30. The van der Waals surface area contributed by atoms with Gasteiger partial charge >= 0.3 is 0 Å². The summed E-state index contributed by atoms with van der Waals surface area (Å²) >= 11 is 0. The summed E-state index contributed by atoms with van der Waals surface area (Å²) in [5, 5.41) is 7.23. The van der Waals surface area contributed by atoms with Crippen molar-refractivity contribution in [1.82, 2.24) is 20.4 Å². The number of amides is 1. The van der Waals surface area contributed by atoms with Crippen molar-refractivity contribution >= 4 is 11.9 Å². The van der Waals surface area contributed by atoms with Gasteiger partial charge in [-0.15, -0.1) is 0 Å². The quantitative estimate of drug-likeness (QED) is 0.584. The largest absolute Gasteiger partial charge is 0.354 e. The van der Waals surface area contributed by atoms with Crippen LogP contribution >= 0.6 is 0 Å². The van der Waals surface area contributed by atoms with E-state index in [-0.39, 0.29) is 12.5 Å². The molecule has 2 aliphatic carbocycles. The van der Waals surface area contributed by atoms with Crippen LogP contribution < -0.4 is 10.6 Å². The second-order valence-corrected chi connectivity index (χ2v) is 8.29. The van der Waals surface area contributed by atoms with Crippen molar-refractivity contribution in [3.8, 4) is 0 Å². The molecule has 3 aliphatic rings. The van der Waals surface area contributed by atoms with Gasteiger partial charge < -0.3 is 15.5 Å². The second-order valence-electron chi connectivity index (χ2n) is 8.29. The maximum atomic E-state index is 11.9. The Balaban J connectivity index is 1.58. The molecular weight excluding hydrogens is 314 g/mol. The van der Waals surface area contributed by atoms with E-state index in [1.54, 1.807) is 19.0 Å². The van der Waals surface area contributed by atoms with Gasteiger partial charge in [0, 0.05) is 44.8 Å². The van der Waals surface area contributed by atoms with Crippen molar-refractivity contribution in [2.45, 2.75) is 82.5 Å². The third-order valence-corrected chi connectivity index (χ3v) is 5.80.